The van der Waals surface area contributed by atoms with E-state index < -0.39 is 21.7 Å². The average Bonchev–Trinajstić information content (AvgIpc) is 2.83. The summed E-state index contributed by atoms with van der Waals surface area (Å²) in [6, 6.07) is 17.1. The lowest BCUT2D eigenvalue weighted by Gasteiger charge is -2.24. The van der Waals surface area contributed by atoms with Crippen molar-refractivity contribution in [3.8, 4) is 11.8 Å². The summed E-state index contributed by atoms with van der Waals surface area (Å²) in [5.41, 5.74) is 0.561. The molecular formula is C24H20ClN3O4S. The largest absolute Gasteiger partial charge is 0.497 e. The van der Waals surface area contributed by atoms with Gasteiger partial charge in [-0.3, -0.25) is 14.1 Å². The maximum Gasteiger partial charge on any atom is 0.264 e. The molecule has 0 aliphatic heterocycles. The number of carbonyl (C=O) groups excluding carboxylic acids is 1. The first-order valence-corrected chi connectivity index (χ1v) is 11.6. The average molecular weight is 482 g/mol. The van der Waals surface area contributed by atoms with Crippen LogP contribution in [0.15, 0.2) is 84.4 Å². The second-order valence-corrected chi connectivity index (χ2v) is 9.11. The molecule has 1 atom stereocenters. The Labute approximate surface area is 197 Å². The molecule has 0 aliphatic rings. The molecule has 0 fully saturated rings. The first-order valence-electron chi connectivity index (χ1n) is 9.75. The number of anilines is 1. The summed E-state index contributed by atoms with van der Waals surface area (Å²) in [4.78, 5) is 17.0. The van der Waals surface area contributed by atoms with Gasteiger partial charge in [-0.25, -0.2) is 8.42 Å². The van der Waals surface area contributed by atoms with Crippen molar-refractivity contribution in [1.82, 2.24) is 4.98 Å². The van der Waals surface area contributed by atoms with E-state index in [1.165, 1.54) is 37.6 Å². The standard InChI is InChI=1S/C24H20ClN3O4S/c1-3-14-28(17-7-9-18(32-2)10-8-17)33(30,31)19-11-12-22(25)20(15-19)24(29)21(16-26)23-6-4-5-13-27-23/h3-13,15,21H,1,14H2,2H3. The molecule has 3 rings (SSSR count). The third-order valence-corrected chi connectivity index (χ3v) is 6.94. The SMILES string of the molecule is C=CCN(c1ccc(OC)cc1)S(=O)(=O)c1ccc(Cl)c(C(=O)C(C#N)c2ccccn2)c1. The van der Waals surface area contributed by atoms with Gasteiger partial charge in [0.15, 0.2) is 11.7 Å². The summed E-state index contributed by atoms with van der Waals surface area (Å²) in [7, 11) is -2.58. The Morgan fingerprint density at radius 3 is 2.55 bits per heavy atom. The van der Waals surface area contributed by atoms with E-state index in [9.17, 15) is 18.5 Å². The number of carbonyl (C=O) groups is 1. The fourth-order valence-electron chi connectivity index (χ4n) is 3.15. The van der Waals surface area contributed by atoms with Gasteiger partial charge in [-0.1, -0.05) is 23.7 Å². The minimum atomic E-state index is -4.09. The molecule has 3 aromatic rings. The molecule has 168 valence electrons. The zero-order valence-corrected chi connectivity index (χ0v) is 19.3. The van der Waals surface area contributed by atoms with Crippen LogP contribution in [0.5, 0.6) is 5.75 Å². The van der Waals surface area contributed by atoms with Crippen LogP contribution in [-0.2, 0) is 10.0 Å². The van der Waals surface area contributed by atoms with E-state index in [-0.39, 0.29) is 27.7 Å². The van der Waals surface area contributed by atoms with Crippen molar-refractivity contribution in [2.45, 2.75) is 10.8 Å². The number of hydrogen-bond donors (Lipinski definition) is 0. The van der Waals surface area contributed by atoms with E-state index in [0.29, 0.717) is 11.4 Å². The van der Waals surface area contributed by atoms with Crippen molar-refractivity contribution in [2.24, 2.45) is 0 Å². The molecule has 1 unspecified atom stereocenters. The van der Waals surface area contributed by atoms with Crippen LogP contribution in [0.2, 0.25) is 5.02 Å². The van der Waals surface area contributed by atoms with Gasteiger partial charge in [-0.2, -0.15) is 5.26 Å². The van der Waals surface area contributed by atoms with Gasteiger partial charge in [0.25, 0.3) is 10.0 Å². The van der Waals surface area contributed by atoms with Crippen molar-refractivity contribution < 1.29 is 17.9 Å². The van der Waals surface area contributed by atoms with Crippen LogP contribution < -0.4 is 9.04 Å². The minimum Gasteiger partial charge on any atom is -0.497 e. The molecule has 7 nitrogen and oxygen atoms in total. The fraction of sp³-hybridized carbons (Fsp3) is 0.125. The lowest BCUT2D eigenvalue weighted by atomic mass is 9.95. The van der Waals surface area contributed by atoms with Gasteiger partial charge in [-0.15, -0.1) is 6.58 Å². The lowest BCUT2D eigenvalue weighted by Crippen LogP contribution is -2.31. The highest BCUT2D eigenvalue weighted by Gasteiger charge is 2.29. The van der Waals surface area contributed by atoms with Crippen LogP contribution in [0.4, 0.5) is 5.69 Å². The van der Waals surface area contributed by atoms with E-state index in [1.807, 2.05) is 6.07 Å². The number of nitriles is 1. The monoisotopic (exact) mass is 481 g/mol. The van der Waals surface area contributed by atoms with Crippen molar-refractivity contribution in [3.05, 3.63) is 95.8 Å². The van der Waals surface area contributed by atoms with Gasteiger partial charge in [0.2, 0.25) is 0 Å². The molecule has 0 amide bonds. The zero-order valence-electron chi connectivity index (χ0n) is 17.7. The highest BCUT2D eigenvalue weighted by Crippen LogP contribution is 2.30. The summed E-state index contributed by atoms with van der Waals surface area (Å²) in [6.45, 7) is 3.64. The predicted octanol–water partition coefficient (Wildman–Crippen LogP) is 4.61. The van der Waals surface area contributed by atoms with E-state index in [4.69, 9.17) is 16.3 Å². The Kier molecular flexibility index (Phi) is 7.48. The van der Waals surface area contributed by atoms with Crippen LogP contribution in [0.3, 0.4) is 0 Å². The number of benzene rings is 2. The van der Waals surface area contributed by atoms with E-state index >= 15 is 0 Å². The summed E-state index contributed by atoms with van der Waals surface area (Å²) >= 11 is 6.23. The summed E-state index contributed by atoms with van der Waals surface area (Å²) in [5.74, 6) is -1.29. The van der Waals surface area contributed by atoms with E-state index in [1.54, 1.807) is 42.5 Å². The number of Topliss-reactive ketones (excluding diaryl/α,β-unsaturated/α-hetero) is 1. The van der Waals surface area contributed by atoms with Crippen LogP contribution in [0.25, 0.3) is 0 Å². The first kappa shape index (κ1) is 24.0. The smallest absolute Gasteiger partial charge is 0.264 e. The summed E-state index contributed by atoms with van der Waals surface area (Å²) in [6.07, 6.45) is 2.92. The van der Waals surface area contributed by atoms with Gasteiger partial charge in [0.05, 0.1) is 41.0 Å². The molecule has 0 aliphatic carbocycles. The predicted molar refractivity (Wildman–Crippen MR) is 126 cm³/mol. The molecule has 0 spiro atoms. The third-order valence-electron chi connectivity index (χ3n) is 4.82. The Bertz CT molecular complexity index is 1300. The Morgan fingerprint density at radius 2 is 1.97 bits per heavy atom. The molecule has 1 aromatic heterocycles. The van der Waals surface area contributed by atoms with Gasteiger partial charge in [-0.05, 0) is 54.6 Å². The van der Waals surface area contributed by atoms with Gasteiger partial charge >= 0.3 is 0 Å². The Balaban J connectivity index is 2.05. The highest BCUT2D eigenvalue weighted by molar-refractivity contribution is 7.92. The maximum atomic E-state index is 13.5. The summed E-state index contributed by atoms with van der Waals surface area (Å²) < 4.78 is 33.3. The number of nitrogens with zero attached hydrogens (tertiary/aromatic N) is 3. The molecule has 1 heterocycles. The normalized spacial score (nSPS) is 11.8. The molecule has 0 saturated carbocycles. The molecule has 0 radical (unpaired) electrons. The number of rotatable bonds is 9. The number of halogens is 1. The first-order chi connectivity index (χ1) is 15.8. The van der Waals surface area contributed by atoms with E-state index in [2.05, 4.69) is 11.6 Å². The van der Waals surface area contributed by atoms with Crippen LogP contribution in [0, 0.1) is 11.3 Å². The van der Waals surface area contributed by atoms with Crippen LogP contribution in [-0.4, -0.2) is 32.8 Å². The number of methoxy groups -OCH3 is 1. The summed E-state index contributed by atoms with van der Waals surface area (Å²) in [5, 5.41) is 9.62. The van der Waals surface area contributed by atoms with Crippen molar-refractivity contribution in [1.29, 1.82) is 5.26 Å². The number of ether oxygens (including phenoxy) is 1. The van der Waals surface area contributed by atoms with Crippen LogP contribution >= 0.6 is 11.6 Å². The Morgan fingerprint density at radius 1 is 1.24 bits per heavy atom. The van der Waals surface area contributed by atoms with Crippen molar-refractivity contribution >= 4 is 33.1 Å². The van der Waals surface area contributed by atoms with Gasteiger partial charge < -0.3 is 4.74 Å². The quantitative estimate of drug-likeness (QED) is 0.326. The number of aromatic nitrogens is 1. The van der Waals surface area contributed by atoms with Crippen molar-refractivity contribution in [3.63, 3.8) is 0 Å². The van der Waals surface area contributed by atoms with Crippen molar-refractivity contribution in [2.75, 3.05) is 18.0 Å². The van der Waals surface area contributed by atoms with Crippen LogP contribution in [0.1, 0.15) is 22.0 Å². The van der Waals surface area contributed by atoms with E-state index in [0.717, 1.165) is 4.31 Å². The van der Waals surface area contributed by atoms with Gasteiger partial charge in [0, 0.05) is 11.8 Å². The minimum absolute atomic E-state index is 0.00464. The Hall–Kier alpha value is -3.67. The highest BCUT2D eigenvalue weighted by atomic mass is 35.5. The molecule has 33 heavy (non-hydrogen) atoms. The number of ketones is 1. The third kappa shape index (κ3) is 5.06. The van der Waals surface area contributed by atoms with Gasteiger partial charge in [0.1, 0.15) is 5.75 Å². The number of pyridine rings is 1. The molecule has 0 saturated heterocycles. The topological polar surface area (TPSA) is 100 Å². The number of hydrogen-bond acceptors (Lipinski definition) is 6. The molecular weight excluding hydrogens is 462 g/mol. The molecule has 0 N–H and O–H groups in total. The zero-order chi connectivity index (χ0) is 24.0. The fourth-order valence-corrected chi connectivity index (χ4v) is 4.82. The molecule has 2 aromatic carbocycles. The number of sulfonamides is 1. The second-order valence-electron chi connectivity index (χ2n) is 6.85. The molecule has 0 bridgehead atoms. The maximum absolute atomic E-state index is 13.5. The second kappa shape index (κ2) is 10.3. The molecule has 9 heteroatoms. The lowest BCUT2D eigenvalue weighted by molar-refractivity contribution is 0.0977.